The van der Waals surface area contributed by atoms with Crippen molar-refractivity contribution in [3.05, 3.63) is 0 Å². The number of amides is 1. The molecule has 1 aliphatic heterocycles. The van der Waals surface area contributed by atoms with Crippen LogP contribution in [0.15, 0.2) is 0 Å². The van der Waals surface area contributed by atoms with Crippen molar-refractivity contribution in [1.82, 2.24) is 4.90 Å². The molecule has 1 saturated heterocycles. The zero-order valence-corrected chi connectivity index (χ0v) is 12.2. The van der Waals surface area contributed by atoms with Crippen molar-refractivity contribution < 1.29 is 24.2 Å². The minimum Gasteiger partial charge on any atom is -0.464 e. The van der Waals surface area contributed by atoms with E-state index in [1.165, 1.54) is 11.8 Å². The van der Waals surface area contributed by atoms with E-state index in [-0.39, 0.29) is 13.2 Å². The Bertz CT molecular complexity index is 359. The predicted molar refractivity (Wildman–Crippen MR) is 68.6 cm³/mol. The third-order valence-electron chi connectivity index (χ3n) is 2.90. The summed E-state index contributed by atoms with van der Waals surface area (Å²) in [6.45, 7) is 8.92. The molecule has 0 aliphatic carbocycles. The molecule has 0 saturated carbocycles. The van der Waals surface area contributed by atoms with Gasteiger partial charge in [0, 0.05) is 6.54 Å². The summed E-state index contributed by atoms with van der Waals surface area (Å²) in [6.07, 6.45) is -0.293. The van der Waals surface area contributed by atoms with Crippen molar-refractivity contribution in [2.75, 3.05) is 13.2 Å². The first kappa shape index (κ1) is 15.8. The van der Waals surface area contributed by atoms with Crippen LogP contribution in [-0.2, 0) is 14.3 Å². The van der Waals surface area contributed by atoms with Crippen molar-refractivity contribution >= 4 is 12.1 Å². The van der Waals surface area contributed by atoms with Crippen molar-refractivity contribution in [2.24, 2.45) is 0 Å². The summed E-state index contributed by atoms with van der Waals surface area (Å²) in [7, 11) is 0. The second-order valence-electron chi connectivity index (χ2n) is 5.94. The van der Waals surface area contributed by atoms with Crippen LogP contribution in [0, 0.1) is 0 Å². The summed E-state index contributed by atoms with van der Waals surface area (Å²) in [4.78, 5) is 25.2. The van der Waals surface area contributed by atoms with Gasteiger partial charge in [-0.1, -0.05) is 0 Å². The number of carbonyl (C=O) groups excluding carboxylic acids is 2. The number of carbonyl (C=O) groups is 2. The Kier molecular flexibility index (Phi) is 4.45. The number of aliphatic hydroxyl groups is 1. The van der Waals surface area contributed by atoms with Gasteiger partial charge in [-0.05, 0) is 41.0 Å². The number of likely N-dealkylation sites (tertiary alicyclic amines) is 1. The van der Waals surface area contributed by atoms with Crippen LogP contribution < -0.4 is 0 Å². The van der Waals surface area contributed by atoms with Crippen LogP contribution in [-0.4, -0.2) is 52.5 Å². The molecule has 1 aliphatic rings. The summed E-state index contributed by atoms with van der Waals surface area (Å²) in [5.74, 6) is -0.601. The molecule has 1 rings (SSSR count). The number of rotatable bonds is 2. The molecular formula is C13H23NO5. The van der Waals surface area contributed by atoms with Gasteiger partial charge in [0.25, 0.3) is 0 Å². The van der Waals surface area contributed by atoms with E-state index in [2.05, 4.69) is 0 Å². The molecule has 1 amide bonds. The highest BCUT2D eigenvalue weighted by Crippen LogP contribution is 2.30. The van der Waals surface area contributed by atoms with Crippen LogP contribution >= 0.6 is 0 Å². The van der Waals surface area contributed by atoms with Crippen LogP contribution in [0.4, 0.5) is 4.79 Å². The van der Waals surface area contributed by atoms with Crippen molar-refractivity contribution in [3.8, 4) is 0 Å². The molecule has 6 heteroatoms. The van der Waals surface area contributed by atoms with Gasteiger partial charge in [0.05, 0.1) is 12.2 Å². The van der Waals surface area contributed by atoms with Gasteiger partial charge in [-0.25, -0.2) is 9.59 Å². The normalized spacial score (nSPS) is 27.3. The zero-order valence-electron chi connectivity index (χ0n) is 12.2. The lowest BCUT2D eigenvalue weighted by molar-refractivity contribution is -0.154. The SMILES string of the molecule is CCOC(=O)[C@H]1N(C(=O)OC(C)(C)C)CC[C@@]1(C)O. The van der Waals surface area contributed by atoms with Crippen LogP contribution in [0.3, 0.4) is 0 Å². The topological polar surface area (TPSA) is 76.1 Å². The second-order valence-corrected chi connectivity index (χ2v) is 5.94. The molecule has 110 valence electrons. The lowest BCUT2D eigenvalue weighted by Crippen LogP contribution is -2.52. The number of esters is 1. The smallest absolute Gasteiger partial charge is 0.411 e. The minimum absolute atomic E-state index is 0.202. The van der Waals surface area contributed by atoms with Gasteiger partial charge < -0.3 is 14.6 Å². The van der Waals surface area contributed by atoms with Gasteiger partial charge in [0.2, 0.25) is 0 Å². The van der Waals surface area contributed by atoms with E-state index < -0.39 is 29.3 Å². The first-order valence-corrected chi connectivity index (χ1v) is 6.47. The Morgan fingerprint density at radius 2 is 2.00 bits per heavy atom. The first-order valence-electron chi connectivity index (χ1n) is 6.47. The van der Waals surface area contributed by atoms with E-state index in [1.807, 2.05) is 0 Å². The lowest BCUT2D eigenvalue weighted by atomic mass is 9.97. The molecule has 0 aromatic rings. The average molecular weight is 273 g/mol. The average Bonchev–Trinajstić information content (AvgIpc) is 2.51. The van der Waals surface area contributed by atoms with E-state index in [0.29, 0.717) is 6.42 Å². The van der Waals surface area contributed by atoms with Gasteiger partial charge in [-0.2, -0.15) is 0 Å². The maximum absolute atomic E-state index is 12.1. The van der Waals surface area contributed by atoms with Crippen LogP contribution in [0.1, 0.15) is 41.0 Å². The molecule has 2 atom stereocenters. The Labute approximate surface area is 113 Å². The Hall–Kier alpha value is -1.30. The van der Waals surface area contributed by atoms with Crippen LogP contribution in [0.25, 0.3) is 0 Å². The molecule has 1 N–H and O–H groups in total. The predicted octanol–water partition coefficient (Wildman–Crippen LogP) is 1.31. The number of hydrogen-bond donors (Lipinski definition) is 1. The fourth-order valence-corrected chi connectivity index (χ4v) is 2.07. The zero-order chi connectivity index (χ0) is 14.8. The molecule has 1 heterocycles. The fraction of sp³-hybridized carbons (Fsp3) is 0.846. The van der Waals surface area contributed by atoms with E-state index in [1.54, 1.807) is 27.7 Å². The molecule has 0 spiro atoms. The van der Waals surface area contributed by atoms with E-state index in [9.17, 15) is 14.7 Å². The van der Waals surface area contributed by atoms with Gasteiger partial charge in [-0.15, -0.1) is 0 Å². The highest BCUT2D eigenvalue weighted by atomic mass is 16.6. The highest BCUT2D eigenvalue weighted by Gasteiger charge is 2.51. The molecule has 0 bridgehead atoms. The number of ether oxygens (including phenoxy) is 2. The molecule has 0 aromatic heterocycles. The lowest BCUT2D eigenvalue weighted by Gasteiger charge is -2.31. The Morgan fingerprint density at radius 3 is 2.47 bits per heavy atom. The monoisotopic (exact) mass is 273 g/mol. The number of nitrogens with zero attached hydrogens (tertiary/aromatic N) is 1. The molecule has 6 nitrogen and oxygen atoms in total. The van der Waals surface area contributed by atoms with Crippen molar-refractivity contribution in [2.45, 2.75) is 58.3 Å². The van der Waals surface area contributed by atoms with E-state index >= 15 is 0 Å². The summed E-state index contributed by atoms with van der Waals surface area (Å²) >= 11 is 0. The van der Waals surface area contributed by atoms with E-state index in [0.717, 1.165) is 0 Å². The van der Waals surface area contributed by atoms with Crippen molar-refractivity contribution in [3.63, 3.8) is 0 Å². The first-order chi connectivity index (χ1) is 8.58. The highest BCUT2D eigenvalue weighted by molar-refractivity contribution is 5.83. The summed E-state index contributed by atoms with van der Waals surface area (Å²) < 4.78 is 10.2. The molecule has 19 heavy (non-hydrogen) atoms. The summed E-state index contributed by atoms with van der Waals surface area (Å²) in [5.41, 5.74) is -1.94. The Balaban J connectivity index is 2.88. The third kappa shape index (κ3) is 3.83. The van der Waals surface area contributed by atoms with Crippen LogP contribution in [0.5, 0.6) is 0 Å². The van der Waals surface area contributed by atoms with Crippen molar-refractivity contribution in [1.29, 1.82) is 0 Å². The van der Waals surface area contributed by atoms with E-state index in [4.69, 9.17) is 9.47 Å². The quantitative estimate of drug-likeness (QED) is 0.768. The Morgan fingerprint density at radius 1 is 1.42 bits per heavy atom. The fourth-order valence-electron chi connectivity index (χ4n) is 2.07. The summed E-state index contributed by atoms with van der Waals surface area (Å²) in [6, 6.07) is -1.01. The minimum atomic E-state index is -1.29. The molecule has 1 fully saturated rings. The maximum atomic E-state index is 12.1. The molecule has 0 aromatic carbocycles. The van der Waals surface area contributed by atoms with Gasteiger partial charge >= 0.3 is 12.1 Å². The standard InChI is InChI=1S/C13H23NO5/c1-6-18-10(15)9-13(5,17)7-8-14(9)11(16)19-12(2,3)4/h9,17H,6-8H2,1-5H3/t9-,13-/m1/s1. The van der Waals surface area contributed by atoms with Crippen LogP contribution in [0.2, 0.25) is 0 Å². The van der Waals surface area contributed by atoms with Gasteiger partial charge in [0.15, 0.2) is 6.04 Å². The molecule has 0 unspecified atom stereocenters. The van der Waals surface area contributed by atoms with Gasteiger partial charge in [-0.3, -0.25) is 4.90 Å². The van der Waals surface area contributed by atoms with Gasteiger partial charge in [0.1, 0.15) is 5.60 Å². The maximum Gasteiger partial charge on any atom is 0.411 e. The summed E-state index contributed by atoms with van der Waals surface area (Å²) in [5, 5.41) is 10.2. The third-order valence-corrected chi connectivity index (χ3v) is 2.90. The molecule has 0 radical (unpaired) electrons. The second kappa shape index (κ2) is 5.36. The largest absolute Gasteiger partial charge is 0.464 e. The molecular weight excluding hydrogens is 250 g/mol. The number of hydrogen-bond acceptors (Lipinski definition) is 5.